The van der Waals surface area contributed by atoms with Crippen molar-refractivity contribution in [2.75, 3.05) is 18.9 Å². The third-order valence-corrected chi connectivity index (χ3v) is 3.24. The van der Waals surface area contributed by atoms with Gasteiger partial charge in [-0.1, -0.05) is 0 Å². The first kappa shape index (κ1) is 11.2. The van der Waals surface area contributed by atoms with Crippen LogP contribution in [0, 0.1) is 0 Å². The Morgan fingerprint density at radius 3 is 2.61 bits per heavy atom. The Kier molecular flexibility index (Phi) is 2.98. The number of nitrogen functional groups attached to an aromatic ring is 1. The standard InChI is InChI=1S/C13H16N4O/c14-11-3-1-10(2-4-11)13-15-9-17(16-13)12-5-7-18-8-6-12/h1-4,9,12H,5-8,14H2. The zero-order valence-electron chi connectivity index (χ0n) is 10.1. The summed E-state index contributed by atoms with van der Waals surface area (Å²) in [7, 11) is 0. The number of nitrogens with two attached hydrogens (primary N) is 1. The summed E-state index contributed by atoms with van der Waals surface area (Å²) in [6.07, 6.45) is 3.82. The van der Waals surface area contributed by atoms with E-state index in [0.717, 1.165) is 43.1 Å². The molecule has 2 aromatic rings. The van der Waals surface area contributed by atoms with Gasteiger partial charge in [-0.3, -0.25) is 0 Å². The highest BCUT2D eigenvalue weighted by atomic mass is 16.5. The van der Waals surface area contributed by atoms with Crippen molar-refractivity contribution in [2.45, 2.75) is 18.9 Å². The van der Waals surface area contributed by atoms with Crippen LogP contribution in [0.5, 0.6) is 0 Å². The summed E-state index contributed by atoms with van der Waals surface area (Å²) in [5.74, 6) is 0.751. The molecule has 3 rings (SSSR count). The average Bonchev–Trinajstić information content (AvgIpc) is 2.90. The Morgan fingerprint density at radius 2 is 1.89 bits per heavy atom. The molecule has 1 aromatic heterocycles. The SMILES string of the molecule is Nc1ccc(-c2ncn(C3CCOCC3)n2)cc1. The van der Waals surface area contributed by atoms with Crippen LogP contribution in [0.25, 0.3) is 11.4 Å². The summed E-state index contributed by atoms with van der Waals surface area (Å²) >= 11 is 0. The van der Waals surface area contributed by atoms with Crippen LogP contribution in [-0.2, 0) is 4.74 Å². The molecule has 1 aliphatic rings. The molecule has 18 heavy (non-hydrogen) atoms. The number of nitrogens with zero attached hydrogens (tertiary/aromatic N) is 3. The molecule has 0 aliphatic carbocycles. The summed E-state index contributed by atoms with van der Waals surface area (Å²) in [6, 6.07) is 8.03. The van der Waals surface area contributed by atoms with E-state index in [-0.39, 0.29) is 0 Å². The van der Waals surface area contributed by atoms with Crippen LogP contribution in [0.1, 0.15) is 18.9 Å². The van der Waals surface area contributed by atoms with Crippen molar-refractivity contribution in [3.8, 4) is 11.4 Å². The molecule has 5 nitrogen and oxygen atoms in total. The fourth-order valence-electron chi connectivity index (χ4n) is 2.16. The zero-order chi connectivity index (χ0) is 12.4. The van der Waals surface area contributed by atoms with E-state index in [2.05, 4.69) is 10.1 Å². The van der Waals surface area contributed by atoms with Crippen molar-refractivity contribution in [1.82, 2.24) is 14.8 Å². The predicted molar refractivity (Wildman–Crippen MR) is 69.0 cm³/mol. The summed E-state index contributed by atoms with van der Waals surface area (Å²) in [5.41, 5.74) is 7.41. The molecule has 0 radical (unpaired) electrons. The zero-order valence-corrected chi connectivity index (χ0v) is 10.1. The minimum Gasteiger partial charge on any atom is -0.399 e. The lowest BCUT2D eigenvalue weighted by molar-refractivity contribution is 0.0662. The van der Waals surface area contributed by atoms with Gasteiger partial charge in [0.15, 0.2) is 5.82 Å². The second kappa shape index (κ2) is 4.78. The molecule has 1 aromatic carbocycles. The predicted octanol–water partition coefficient (Wildman–Crippen LogP) is 1.88. The number of anilines is 1. The monoisotopic (exact) mass is 244 g/mol. The second-order valence-corrected chi connectivity index (χ2v) is 4.51. The summed E-state index contributed by atoms with van der Waals surface area (Å²) in [6.45, 7) is 1.61. The van der Waals surface area contributed by atoms with Crippen LogP contribution in [0.4, 0.5) is 5.69 Å². The van der Waals surface area contributed by atoms with E-state index in [0.29, 0.717) is 6.04 Å². The van der Waals surface area contributed by atoms with Gasteiger partial charge in [-0.15, -0.1) is 0 Å². The Hall–Kier alpha value is -1.88. The molecule has 2 N–H and O–H groups in total. The van der Waals surface area contributed by atoms with Crippen LogP contribution in [0.2, 0.25) is 0 Å². The summed E-state index contributed by atoms with van der Waals surface area (Å²) in [4.78, 5) is 4.36. The van der Waals surface area contributed by atoms with E-state index in [1.807, 2.05) is 35.3 Å². The van der Waals surface area contributed by atoms with Gasteiger partial charge >= 0.3 is 0 Å². The van der Waals surface area contributed by atoms with Crippen LogP contribution in [-0.4, -0.2) is 28.0 Å². The van der Waals surface area contributed by atoms with Crippen molar-refractivity contribution in [3.63, 3.8) is 0 Å². The van der Waals surface area contributed by atoms with E-state index in [4.69, 9.17) is 10.5 Å². The molecular weight excluding hydrogens is 228 g/mol. The minimum absolute atomic E-state index is 0.411. The van der Waals surface area contributed by atoms with E-state index in [1.54, 1.807) is 0 Å². The Balaban J connectivity index is 1.82. The van der Waals surface area contributed by atoms with Gasteiger partial charge in [0.2, 0.25) is 0 Å². The molecule has 0 spiro atoms. The van der Waals surface area contributed by atoms with Gasteiger partial charge in [0.25, 0.3) is 0 Å². The molecule has 5 heteroatoms. The Morgan fingerprint density at radius 1 is 1.17 bits per heavy atom. The van der Waals surface area contributed by atoms with Crippen molar-refractivity contribution in [2.24, 2.45) is 0 Å². The van der Waals surface area contributed by atoms with E-state index < -0.39 is 0 Å². The molecule has 94 valence electrons. The van der Waals surface area contributed by atoms with Gasteiger partial charge in [-0.2, -0.15) is 5.10 Å². The highest BCUT2D eigenvalue weighted by Gasteiger charge is 2.17. The number of hydrogen-bond acceptors (Lipinski definition) is 4. The molecule has 0 amide bonds. The van der Waals surface area contributed by atoms with Gasteiger partial charge in [0, 0.05) is 24.5 Å². The maximum Gasteiger partial charge on any atom is 0.181 e. The topological polar surface area (TPSA) is 66.0 Å². The third-order valence-electron chi connectivity index (χ3n) is 3.24. The smallest absolute Gasteiger partial charge is 0.181 e. The van der Waals surface area contributed by atoms with E-state index >= 15 is 0 Å². The van der Waals surface area contributed by atoms with Gasteiger partial charge in [0.1, 0.15) is 6.33 Å². The largest absolute Gasteiger partial charge is 0.399 e. The number of rotatable bonds is 2. The lowest BCUT2D eigenvalue weighted by Gasteiger charge is -2.21. The third kappa shape index (κ3) is 2.22. The highest BCUT2D eigenvalue weighted by molar-refractivity contribution is 5.57. The fraction of sp³-hybridized carbons (Fsp3) is 0.385. The Labute approximate surface area is 106 Å². The number of ether oxygens (including phenoxy) is 1. The van der Waals surface area contributed by atoms with Crippen LogP contribution >= 0.6 is 0 Å². The van der Waals surface area contributed by atoms with Crippen molar-refractivity contribution < 1.29 is 4.74 Å². The molecule has 0 bridgehead atoms. The summed E-state index contributed by atoms with van der Waals surface area (Å²) < 4.78 is 7.30. The number of benzene rings is 1. The lowest BCUT2D eigenvalue weighted by atomic mass is 10.1. The highest BCUT2D eigenvalue weighted by Crippen LogP contribution is 2.22. The quantitative estimate of drug-likeness (QED) is 0.819. The fourth-order valence-corrected chi connectivity index (χ4v) is 2.16. The number of hydrogen-bond donors (Lipinski definition) is 1. The maximum atomic E-state index is 5.67. The van der Waals surface area contributed by atoms with Crippen LogP contribution in [0.3, 0.4) is 0 Å². The minimum atomic E-state index is 0.411. The molecule has 1 saturated heterocycles. The lowest BCUT2D eigenvalue weighted by Crippen LogP contribution is -2.19. The molecule has 0 unspecified atom stereocenters. The first-order valence-corrected chi connectivity index (χ1v) is 6.18. The van der Waals surface area contributed by atoms with Gasteiger partial charge in [-0.25, -0.2) is 9.67 Å². The average molecular weight is 244 g/mol. The van der Waals surface area contributed by atoms with Gasteiger partial charge in [0.05, 0.1) is 6.04 Å². The molecule has 0 saturated carbocycles. The molecule has 1 fully saturated rings. The summed E-state index contributed by atoms with van der Waals surface area (Å²) in [5, 5.41) is 4.54. The van der Waals surface area contributed by atoms with Crippen molar-refractivity contribution >= 4 is 5.69 Å². The van der Waals surface area contributed by atoms with Gasteiger partial charge < -0.3 is 10.5 Å². The molecule has 2 heterocycles. The first-order chi connectivity index (χ1) is 8.83. The van der Waals surface area contributed by atoms with Crippen LogP contribution in [0.15, 0.2) is 30.6 Å². The molecule has 0 atom stereocenters. The maximum absolute atomic E-state index is 5.67. The van der Waals surface area contributed by atoms with E-state index in [9.17, 15) is 0 Å². The van der Waals surface area contributed by atoms with Gasteiger partial charge in [-0.05, 0) is 37.1 Å². The number of aromatic nitrogens is 3. The van der Waals surface area contributed by atoms with Crippen molar-refractivity contribution in [1.29, 1.82) is 0 Å². The molecule has 1 aliphatic heterocycles. The molecular formula is C13H16N4O. The van der Waals surface area contributed by atoms with E-state index in [1.165, 1.54) is 0 Å². The van der Waals surface area contributed by atoms with Crippen LogP contribution < -0.4 is 5.73 Å². The Bertz CT molecular complexity index is 514. The van der Waals surface area contributed by atoms with Crippen molar-refractivity contribution in [3.05, 3.63) is 30.6 Å². The first-order valence-electron chi connectivity index (χ1n) is 6.18. The normalized spacial score (nSPS) is 16.9. The second-order valence-electron chi connectivity index (χ2n) is 4.51.